The zero-order valence-corrected chi connectivity index (χ0v) is 14.3. The lowest BCUT2D eigenvalue weighted by atomic mass is 10.2. The number of carbonyl (C=O) groups excluding carboxylic acids is 2. The molecule has 2 rings (SSSR count). The van der Waals surface area contributed by atoms with Crippen LogP contribution in [0.1, 0.15) is 38.4 Å². The normalized spacial score (nSPS) is 10.5. The Balaban J connectivity index is 1.78. The number of H-pyrrole nitrogens is 1. The van der Waals surface area contributed by atoms with E-state index in [1.807, 2.05) is 19.1 Å². The van der Waals surface area contributed by atoms with Gasteiger partial charge in [0, 0.05) is 30.6 Å². The minimum absolute atomic E-state index is 0.0117. The van der Waals surface area contributed by atoms with Gasteiger partial charge in [-0.3, -0.25) is 14.7 Å². The maximum atomic E-state index is 11.9. The third-order valence-corrected chi connectivity index (χ3v) is 3.53. The number of nitrogens with zero attached hydrogens (tertiary/aromatic N) is 2. The van der Waals surface area contributed by atoms with Crippen LogP contribution in [0.4, 0.5) is 5.69 Å². The van der Waals surface area contributed by atoms with Crippen LogP contribution in [-0.2, 0) is 16.1 Å². The fourth-order valence-corrected chi connectivity index (χ4v) is 2.20. The van der Waals surface area contributed by atoms with Gasteiger partial charge in [0.2, 0.25) is 11.8 Å². The van der Waals surface area contributed by atoms with Gasteiger partial charge in [0.15, 0.2) is 5.82 Å². The van der Waals surface area contributed by atoms with Crippen LogP contribution in [0.25, 0.3) is 11.4 Å². The van der Waals surface area contributed by atoms with Crippen molar-refractivity contribution < 1.29 is 9.59 Å². The molecule has 0 unspecified atom stereocenters. The second kappa shape index (κ2) is 9.53. The number of aromatic nitrogens is 3. The van der Waals surface area contributed by atoms with Gasteiger partial charge in [0.05, 0.1) is 6.54 Å². The largest absolute Gasteiger partial charge is 0.356 e. The van der Waals surface area contributed by atoms with Gasteiger partial charge >= 0.3 is 0 Å². The second-order valence-electron chi connectivity index (χ2n) is 5.64. The highest BCUT2D eigenvalue weighted by Gasteiger charge is 2.07. The van der Waals surface area contributed by atoms with Crippen LogP contribution < -0.4 is 16.4 Å². The first-order valence-corrected chi connectivity index (χ1v) is 8.40. The molecule has 0 saturated heterocycles. The third-order valence-electron chi connectivity index (χ3n) is 3.53. The van der Waals surface area contributed by atoms with Crippen molar-refractivity contribution in [3.8, 4) is 11.4 Å². The number of nitrogens with two attached hydrogens (primary N) is 1. The van der Waals surface area contributed by atoms with E-state index in [2.05, 4.69) is 25.8 Å². The van der Waals surface area contributed by atoms with Gasteiger partial charge in [-0.05, 0) is 37.1 Å². The first-order chi connectivity index (χ1) is 12.1. The van der Waals surface area contributed by atoms with Gasteiger partial charge in [-0.2, -0.15) is 5.10 Å². The number of carbonyl (C=O) groups is 2. The molecule has 0 aliphatic heterocycles. The molecule has 0 atom stereocenters. The molecule has 1 aromatic carbocycles. The summed E-state index contributed by atoms with van der Waals surface area (Å²) in [5, 5.41) is 12.4. The molecule has 0 aliphatic carbocycles. The summed E-state index contributed by atoms with van der Waals surface area (Å²) < 4.78 is 0. The highest BCUT2D eigenvalue weighted by Crippen LogP contribution is 2.18. The van der Waals surface area contributed by atoms with Gasteiger partial charge < -0.3 is 16.4 Å². The fraction of sp³-hybridized carbons (Fsp3) is 0.412. The molecular weight excluding hydrogens is 320 g/mol. The van der Waals surface area contributed by atoms with E-state index < -0.39 is 0 Å². The molecule has 0 spiro atoms. The Labute approximate surface area is 146 Å². The Morgan fingerprint density at radius 3 is 2.52 bits per heavy atom. The average Bonchev–Trinajstić information content (AvgIpc) is 3.09. The van der Waals surface area contributed by atoms with Crippen molar-refractivity contribution in [2.75, 3.05) is 11.9 Å². The van der Waals surface area contributed by atoms with Gasteiger partial charge in [-0.15, -0.1) is 0 Å². The number of hydrogen-bond donors (Lipinski definition) is 4. The Kier molecular flexibility index (Phi) is 7.09. The average molecular weight is 344 g/mol. The fourth-order valence-electron chi connectivity index (χ4n) is 2.20. The summed E-state index contributed by atoms with van der Waals surface area (Å²) in [7, 11) is 0. The number of anilines is 1. The summed E-state index contributed by atoms with van der Waals surface area (Å²) in [6.07, 6.45) is 2.10. The van der Waals surface area contributed by atoms with Crippen LogP contribution >= 0.6 is 0 Å². The lowest BCUT2D eigenvalue weighted by Crippen LogP contribution is -2.24. The van der Waals surface area contributed by atoms with Gasteiger partial charge in [0.25, 0.3) is 0 Å². The molecule has 1 aromatic heterocycles. The van der Waals surface area contributed by atoms with Gasteiger partial charge in [0.1, 0.15) is 5.82 Å². The molecule has 25 heavy (non-hydrogen) atoms. The Hall–Kier alpha value is -2.74. The summed E-state index contributed by atoms with van der Waals surface area (Å²) in [6.45, 7) is 2.98. The van der Waals surface area contributed by atoms with E-state index in [0.29, 0.717) is 49.7 Å². The number of amides is 2. The van der Waals surface area contributed by atoms with Crippen molar-refractivity contribution in [1.82, 2.24) is 20.5 Å². The number of benzene rings is 1. The van der Waals surface area contributed by atoms with Crippen molar-refractivity contribution in [1.29, 1.82) is 0 Å². The Bertz CT molecular complexity index is 695. The molecular formula is C17H24N6O2. The Morgan fingerprint density at radius 1 is 1.16 bits per heavy atom. The molecule has 0 radical (unpaired) electrons. The molecule has 2 amide bonds. The number of aromatic amines is 1. The third kappa shape index (κ3) is 6.00. The predicted molar refractivity (Wildman–Crippen MR) is 95.5 cm³/mol. The summed E-state index contributed by atoms with van der Waals surface area (Å²) in [6, 6.07) is 7.24. The first kappa shape index (κ1) is 18.6. The molecule has 8 heteroatoms. The first-order valence-electron chi connectivity index (χ1n) is 8.40. The zero-order chi connectivity index (χ0) is 18.1. The SMILES string of the molecule is CCCNC(=O)CCCC(=O)Nc1ccc(-c2n[nH]c(CN)n2)cc1. The number of hydrogen-bond acceptors (Lipinski definition) is 5. The van der Waals surface area contributed by atoms with Crippen LogP contribution in [-0.4, -0.2) is 33.5 Å². The maximum Gasteiger partial charge on any atom is 0.224 e. The quantitative estimate of drug-likeness (QED) is 0.549. The summed E-state index contributed by atoms with van der Waals surface area (Å²) in [5.74, 6) is 1.06. The van der Waals surface area contributed by atoms with E-state index in [1.54, 1.807) is 12.1 Å². The highest BCUT2D eigenvalue weighted by atomic mass is 16.2. The minimum atomic E-state index is -0.112. The molecule has 134 valence electrons. The van der Waals surface area contributed by atoms with Crippen molar-refractivity contribution in [3.05, 3.63) is 30.1 Å². The topological polar surface area (TPSA) is 126 Å². The highest BCUT2D eigenvalue weighted by molar-refractivity contribution is 5.91. The van der Waals surface area contributed by atoms with Crippen molar-refractivity contribution >= 4 is 17.5 Å². The molecule has 0 aliphatic rings. The van der Waals surface area contributed by atoms with E-state index in [4.69, 9.17) is 5.73 Å². The van der Waals surface area contributed by atoms with Crippen molar-refractivity contribution in [2.24, 2.45) is 5.73 Å². The van der Waals surface area contributed by atoms with Crippen LogP contribution in [0.3, 0.4) is 0 Å². The lowest BCUT2D eigenvalue weighted by molar-refractivity contribution is -0.121. The molecule has 2 aromatic rings. The maximum absolute atomic E-state index is 11.9. The predicted octanol–water partition coefficient (Wildman–Crippen LogP) is 1.57. The molecule has 0 bridgehead atoms. The van der Waals surface area contributed by atoms with Crippen LogP contribution in [0, 0.1) is 0 Å². The van der Waals surface area contributed by atoms with Crippen molar-refractivity contribution in [2.45, 2.75) is 39.2 Å². The molecule has 8 nitrogen and oxygen atoms in total. The summed E-state index contributed by atoms with van der Waals surface area (Å²) >= 11 is 0. The number of nitrogens with one attached hydrogen (secondary N) is 3. The van der Waals surface area contributed by atoms with E-state index in [0.717, 1.165) is 12.0 Å². The summed E-state index contributed by atoms with van der Waals surface area (Å²) in [5.41, 5.74) is 7.02. The smallest absolute Gasteiger partial charge is 0.224 e. The van der Waals surface area contributed by atoms with Crippen LogP contribution in [0.2, 0.25) is 0 Å². The van der Waals surface area contributed by atoms with Gasteiger partial charge in [-0.1, -0.05) is 6.92 Å². The molecule has 0 fully saturated rings. The standard InChI is InChI=1S/C17H24N6O2/c1-2-10-19-15(24)4-3-5-16(25)20-13-8-6-12(7-9-13)17-21-14(11-18)22-23-17/h6-9H,2-5,10-11,18H2,1H3,(H,19,24)(H,20,25)(H,21,22,23). The van der Waals surface area contributed by atoms with Crippen LogP contribution in [0.5, 0.6) is 0 Å². The van der Waals surface area contributed by atoms with E-state index in [-0.39, 0.29) is 11.8 Å². The minimum Gasteiger partial charge on any atom is -0.356 e. The van der Waals surface area contributed by atoms with E-state index >= 15 is 0 Å². The zero-order valence-electron chi connectivity index (χ0n) is 14.3. The van der Waals surface area contributed by atoms with Crippen LogP contribution in [0.15, 0.2) is 24.3 Å². The van der Waals surface area contributed by atoms with E-state index in [1.165, 1.54) is 0 Å². The second-order valence-corrected chi connectivity index (χ2v) is 5.64. The Morgan fingerprint density at radius 2 is 1.88 bits per heavy atom. The molecule has 5 N–H and O–H groups in total. The number of rotatable bonds is 9. The van der Waals surface area contributed by atoms with E-state index in [9.17, 15) is 9.59 Å². The molecule has 1 heterocycles. The molecule has 0 saturated carbocycles. The summed E-state index contributed by atoms with van der Waals surface area (Å²) in [4.78, 5) is 27.6. The van der Waals surface area contributed by atoms with Gasteiger partial charge in [-0.25, -0.2) is 4.98 Å². The lowest BCUT2D eigenvalue weighted by Gasteiger charge is -2.06. The monoisotopic (exact) mass is 344 g/mol. The van der Waals surface area contributed by atoms with Crippen molar-refractivity contribution in [3.63, 3.8) is 0 Å².